The van der Waals surface area contributed by atoms with Gasteiger partial charge in [0.25, 0.3) is 5.56 Å². The van der Waals surface area contributed by atoms with Gasteiger partial charge in [-0.1, -0.05) is 0 Å². The lowest BCUT2D eigenvalue weighted by Crippen LogP contribution is -2.46. The van der Waals surface area contributed by atoms with Crippen molar-refractivity contribution in [3.63, 3.8) is 0 Å². The van der Waals surface area contributed by atoms with E-state index in [2.05, 4.69) is 0 Å². The van der Waals surface area contributed by atoms with Crippen LogP contribution in [0, 0.1) is 0 Å². The Labute approximate surface area is 151 Å². The van der Waals surface area contributed by atoms with Gasteiger partial charge in [0.1, 0.15) is 16.5 Å². The summed E-state index contributed by atoms with van der Waals surface area (Å²) in [7, 11) is 0. The molecular weight excluding hydrogens is 395 g/mol. The second-order valence-corrected chi connectivity index (χ2v) is 6.31. The summed E-state index contributed by atoms with van der Waals surface area (Å²) in [6.45, 7) is -1.54. The molecule has 0 spiro atoms. The Morgan fingerprint density at radius 2 is 1.89 bits per heavy atom. The van der Waals surface area contributed by atoms with Crippen LogP contribution in [0.3, 0.4) is 0 Å². The lowest BCUT2D eigenvalue weighted by atomic mass is 10.2. The molecule has 4 N–H and O–H groups in total. The minimum Gasteiger partial charge on any atom is -0.480 e. The number of aliphatic carboxylic acids is 1. The van der Waals surface area contributed by atoms with Crippen LogP contribution in [0.5, 0.6) is 0 Å². The smallest absolute Gasteiger partial charge is 0.423 e. The molecule has 0 aliphatic rings. The summed E-state index contributed by atoms with van der Waals surface area (Å²) in [5, 5.41) is 19.2. The summed E-state index contributed by atoms with van der Waals surface area (Å²) in [6, 6.07) is -0.432. The largest absolute Gasteiger partial charge is 0.480 e. The predicted molar refractivity (Wildman–Crippen MR) is 86.0 cm³/mol. The van der Waals surface area contributed by atoms with E-state index in [0.717, 1.165) is 11.3 Å². The van der Waals surface area contributed by atoms with Gasteiger partial charge in [-0.3, -0.25) is 18.7 Å². The Hall–Kier alpha value is -2.93. The van der Waals surface area contributed by atoms with E-state index in [1.54, 1.807) is 0 Å². The number of aromatic nitrogens is 2. The van der Waals surface area contributed by atoms with Crippen molar-refractivity contribution >= 4 is 23.3 Å². The minimum absolute atomic E-state index is 0.0416. The van der Waals surface area contributed by atoms with Gasteiger partial charge in [0.05, 0.1) is 13.1 Å². The number of carboxylic acid groups (broad SMARTS) is 2. The lowest BCUT2D eigenvalue weighted by Gasteiger charge is -2.16. The summed E-state index contributed by atoms with van der Waals surface area (Å²) in [5.74, 6) is -2.92. The van der Waals surface area contributed by atoms with Crippen LogP contribution in [-0.2, 0) is 24.1 Å². The van der Waals surface area contributed by atoms with Gasteiger partial charge in [0.15, 0.2) is 0 Å². The van der Waals surface area contributed by atoms with Gasteiger partial charge >= 0.3 is 23.8 Å². The van der Waals surface area contributed by atoms with Crippen LogP contribution in [0.2, 0.25) is 0 Å². The maximum atomic E-state index is 13.2. The van der Waals surface area contributed by atoms with Crippen LogP contribution in [0.25, 0.3) is 0 Å². The number of alkyl halides is 3. The Balaban J connectivity index is 2.66. The third kappa shape index (κ3) is 4.25. The van der Waals surface area contributed by atoms with Crippen molar-refractivity contribution in [2.45, 2.75) is 25.3 Å². The molecule has 0 radical (unpaired) electrons. The predicted octanol–water partition coefficient (Wildman–Crippen LogP) is 0.249. The molecule has 2 aromatic rings. The number of hydrogen-bond donors (Lipinski definition) is 3. The first-order chi connectivity index (χ1) is 12.4. The number of thiophene rings is 1. The number of aromatic carboxylic acids is 1. The fraction of sp³-hybridized carbons (Fsp3) is 0.286. The van der Waals surface area contributed by atoms with Crippen LogP contribution < -0.4 is 17.0 Å². The molecule has 2 heterocycles. The molecule has 0 aromatic carbocycles. The minimum atomic E-state index is -5.12. The highest BCUT2D eigenvalue weighted by Gasteiger charge is 2.36. The highest BCUT2D eigenvalue weighted by Crippen LogP contribution is 2.26. The highest BCUT2D eigenvalue weighted by molar-refractivity contribution is 7.12. The van der Waals surface area contributed by atoms with E-state index < -0.39 is 54.1 Å². The van der Waals surface area contributed by atoms with E-state index in [1.807, 2.05) is 0 Å². The van der Waals surface area contributed by atoms with Crippen molar-refractivity contribution in [1.29, 1.82) is 0 Å². The van der Waals surface area contributed by atoms with Crippen molar-refractivity contribution in [3.05, 3.63) is 54.5 Å². The molecule has 0 bridgehead atoms. The average molecular weight is 407 g/mol. The molecule has 2 aromatic heterocycles. The fourth-order valence-corrected chi connectivity index (χ4v) is 2.98. The molecule has 13 heteroatoms. The van der Waals surface area contributed by atoms with Crippen LogP contribution >= 0.6 is 11.3 Å². The highest BCUT2D eigenvalue weighted by atomic mass is 32.1. The molecule has 1 atom stereocenters. The molecule has 0 aliphatic carbocycles. The average Bonchev–Trinajstić information content (AvgIpc) is 3.01. The van der Waals surface area contributed by atoms with Crippen LogP contribution in [0.15, 0.2) is 27.2 Å². The molecule has 0 fully saturated rings. The van der Waals surface area contributed by atoms with Gasteiger partial charge in [0.2, 0.25) is 0 Å². The van der Waals surface area contributed by atoms with Gasteiger partial charge in [-0.15, -0.1) is 11.3 Å². The van der Waals surface area contributed by atoms with E-state index in [0.29, 0.717) is 4.57 Å². The summed E-state index contributed by atoms with van der Waals surface area (Å²) in [6.07, 6.45) is -4.92. The molecular formula is C14H12F3N3O6S. The summed E-state index contributed by atoms with van der Waals surface area (Å²) in [4.78, 5) is 46.3. The molecule has 27 heavy (non-hydrogen) atoms. The van der Waals surface area contributed by atoms with Gasteiger partial charge in [-0.05, 0) is 17.0 Å². The van der Waals surface area contributed by atoms with E-state index in [9.17, 15) is 32.3 Å². The number of carbonyl (C=O) groups is 2. The number of carboxylic acids is 2. The van der Waals surface area contributed by atoms with E-state index >= 15 is 0 Å². The number of nitrogens with two attached hydrogens (primary N) is 1. The van der Waals surface area contributed by atoms with Crippen molar-refractivity contribution in [3.8, 4) is 0 Å². The summed E-state index contributed by atoms with van der Waals surface area (Å²) < 4.78 is 40.0. The normalized spacial score (nSPS) is 12.7. The molecule has 0 aliphatic heterocycles. The first kappa shape index (κ1) is 20.4. The number of hydrogen-bond acceptors (Lipinski definition) is 6. The molecule has 146 valence electrons. The molecule has 0 unspecified atom stereocenters. The number of rotatable bonds is 6. The maximum Gasteiger partial charge on any atom is 0.423 e. The maximum absolute atomic E-state index is 13.2. The molecule has 0 saturated heterocycles. The number of halogens is 3. The summed E-state index contributed by atoms with van der Waals surface area (Å²) in [5.41, 5.74) is 0.603. The molecule has 0 saturated carbocycles. The Morgan fingerprint density at radius 3 is 2.41 bits per heavy atom. The first-order valence-electron chi connectivity index (χ1n) is 7.13. The zero-order valence-corrected chi connectivity index (χ0v) is 14.1. The van der Waals surface area contributed by atoms with Crippen LogP contribution in [0.4, 0.5) is 13.2 Å². The Bertz CT molecular complexity index is 1010. The lowest BCUT2D eigenvalue weighted by molar-refractivity contribution is -0.139. The van der Waals surface area contributed by atoms with Gasteiger partial charge < -0.3 is 15.9 Å². The van der Waals surface area contributed by atoms with Gasteiger partial charge in [-0.2, -0.15) is 13.2 Å². The third-order valence-corrected chi connectivity index (χ3v) is 4.47. The fourth-order valence-electron chi connectivity index (χ4n) is 2.23. The van der Waals surface area contributed by atoms with Crippen molar-refractivity contribution in [1.82, 2.24) is 9.13 Å². The Kier molecular flexibility index (Phi) is 5.56. The van der Waals surface area contributed by atoms with Crippen molar-refractivity contribution in [2.24, 2.45) is 5.73 Å². The van der Waals surface area contributed by atoms with Crippen molar-refractivity contribution in [2.75, 3.05) is 0 Å². The Morgan fingerprint density at radius 1 is 1.26 bits per heavy atom. The van der Waals surface area contributed by atoms with E-state index in [-0.39, 0.29) is 21.2 Å². The third-order valence-electron chi connectivity index (χ3n) is 3.52. The first-order valence-corrected chi connectivity index (χ1v) is 8.01. The quantitative estimate of drug-likeness (QED) is 0.622. The topological polar surface area (TPSA) is 145 Å². The zero-order chi connectivity index (χ0) is 20.5. The summed E-state index contributed by atoms with van der Waals surface area (Å²) >= 11 is 0.773. The van der Waals surface area contributed by atoms with E-state index in [4.69, 9.17) is 15.9 Å². The number of nitrogens with zero attached hydrogens (tertiary/aromatic N) is 2. The second kappa shape index (κ2) is 7.36. The molecule has 0 amide bonds. The van der Waals surface area contributed by atoms with Crippen LogP contribution in [-0.4, -0.2) is 37.3 Å². The zero-order valence-electron chi connectivity index (χ0n) is 13.3. The van der Waals surface area contributed by atoms with Gasteiger partial charge in [0, 0.05) is 6.20 Å². The van der Waals surface area contributed by atoms with Crippen LogP contribution in [0.1, 0.15) is 20.8 Å². The van der Waals surface area contributed by atoms with Gasteiger partial charge in [-0.25, -0.2) is 9.59 Å². The standard InChI is InChI=1S/C14H12F3N3O6S/c15-14(16,17)7-4-19(5-8(18)11(22)23)13(26)20(10(7)21)3-6-1-2-27-9(6)12(24)25/h1-2,4,8H,3,5,18H2,(H,22,23)(H,24,25)/t8-/m0/s1. The van der Waals surface area contributed by atoms with E-state index in [1.165, 1.54) is 11.4 Å². The monoisotopic (exact) mass is 407 g/mol. The SMILES string of the molecule is N[C@@H](Cn1cc(C(F)(F)F)c(=O)n(Cc2ccsc2C(=O)O)c1=O)C(=O)O. The van der Waals surface area contributed by atoms with Crippen molar-refractivity contribution < 1.29 is 33.0 Å². The molecule has 2 rings (SSSR count). The second-order valence-electron chi connectivity index (χ2n) is 5.39. The molecule has 9 nitrogen and oxygen atoms in total.